The van der Waals surface area contributed by atoms with Gasteiger partial charge >= 0.3 is 5.97 Å². The Bertz CT molecular complexity index is 956. The Morgan fingerprint density at radius 1 is 1.00 bits per heavy atom. The minimum Gasteiger partial charge on any atom is -0.465 e. The fraction of sp³-hybridized carbons (Fsp3) is 0.136. The van der Waals surface area contributed by atoms with Crippen LogP contribution in [0.15, 0.2) is 72.9 Å². The van der Waals surface area contributed by atoms with Crippen LogP contribution in [-0.4, -0.2) is 31.0 Å². The monoisotopic (exact) mass is 375 g/mol. The summed E-state index contributed by atoms with van der Waals surface area (Å²) < 4.78 is 4.75. The number of rotatable bonds is 6. The number of benzene rings is 2. The van der Waals surface area contributed by atoms with E-state index in [1.54, 1.807) is 36.4 Å². The van der Waals surface area contributed by atoms with Crippen molar-refractivity contribution in [1.82, 2.24) is 4.98 Å². The molecular weight excluding hydrogens is 354 g/mol. The molecule has 0 atom stereocenters. The minimum atomic E-state index is -0.507. The van der Waals surface area contributed by atoms with Crippen LogP contribution in [0.2, 0.25) is 0 Å². The molecule has 0 fully saturated rings. The first-order valence-electron chi connectivity index (χ1n) is 8.78. The van der Waals surface area contributed by atoms with Crippen molar-refractivity contribution in [2.75, 3.05) is 24.4 Å². The van der Waals surface area contributed by atoms with E-state index in [4.69, 9.17) is 4.74 Å². The zero-order valence-corrected chi connectivity index (χ0v) is 15.8. The zero-order valence-electron chi connectivity index (χ0n) is 15.8. The topological polar surface area (TPSA) is 71.5 Å². The number of amides is 1. The summed E-state index contributed by atoms with van der Waals surface area (Å²) in [6.45, 7) is 0.714. The lowest BCUT2D eigenvalue weighted by Crippen LogP contribution is -2.19. The molecule has 0 spiro atoms. The molecule has 6 nitrogen and oxygen atoms in total. The largest absolute Gasteiger partial charge is 0.465 e. The number of hydrogen-bond acceptors (Lipinski definition) is 5. The fourth-order valence-corrected chi connectivity index (χ4v) is 2.76. The minimum absolute atomic E-state index is 0.297. The molecule has 6 heteroatoms. The Hall–Kier alpha value is -3.67. The van der Waals surface area contributed by atoms with Crippen molar-refractivity contribution in [3.8, 4) is 0 Å². The quantitative estimate of drug-likeness (QED) is 0.664. The molecule has 28 heavy (non-hydrogen) atoms. The van der Waals surface area contributed by atoms with Crippen LogP contribution in [0.1, 0.15) is 26.3 Å². The van der Waals surface area contributed by atoms with E-state index in [1.165, 1.54) is 18.9 Å². The lowest BCUT2D eigenvalue weighted by molar-refractivity contribution is 0.0602. The van der Waals surface area contributed by atoms with E-state index in [1.807, 2.05) is 30.1 Å². The normalized spacial score (nSPS) is 10.2. The van der Waals surface area contributed by atoms with Crippen LogP contribution < -0.4 is 10.2 Å². The van der Waals surface area contributed by atoms with Crippen molar-refractivity contribution in [2.45, 2.75) is 6.54 Å². The molecule has 1 amide bonds. The van der Waals surface area contributed by atoms with Crippen molar-refractivity contribution in [2.24, 2.45) is 0 Å². The van der Waals surface area contributed by atoms with E-state index >= 15 is 0 Å². The first kappa shape index (κ1) is 19.1. The predicted molar refractivity (Wildman–Crippen MR) is 109 cm³/mol. The molecule has 0 aliphatic heterocycles. The van der Waals surface area contributed by atoms with Gasteiger partial charge in [-0.1, -0.05) is 42.5 Å². The van der Waals surface area contributed by atoms with Gasteiger partial charge in [0.2, 0.25) is 0 Å². The van der Waals surface area contributed by atoms with Gasteiger partial charge < -0.3 is 15.0 Å². The van der Waals surface area contributed by atoms with Crippen molar-refractivity contribution in [3.05, 3.63) is 89.6 Å². The number of carbonyl (C=O) groups is 2. The van der Waals surface area contributed by atoms with Crippen LogP contribution in [-0.2, 0) is 11.3 Å². The molecule has 0 bridgehead atoms. The molecule has 0 unspecified atom stereocenters. The number of esters is 1. The molecule has 0 saturated heterocycles. The fourth-order valence-electron chi connectivity index (χ4n) is 2.76. The van der Waals surface area contributed by atoms with Gasteiger partial charge in [0.1, 0.15) is 5.82 Å². The van der Waals surface area contributed by atoms with Gasteiger partial charge in [-0.05, 0) is 29.8 Å². The number of ether oxygens (including phenoxy) is 1. The van der Waals surface area contributed by atoms with Crippen LogP contribution in [0.3, 0.4) is 0 Å². The predicted octanol–water partition coefficient (Wildman–Crippen LogP) is 3.76. The van der Waals surface area contributed by atoms with Gasteiger partial charge in [-0.15, -0.1) is 0 Å². The first-order chi connectivity index (χ1) is 13.6. The lowest BCUT2D eigenvalue weighted by Gasteiger charge is -2.18. The maximum absolute atomic E-state index is 12.5. The molecule has 0 saturated carbocycles. The standard InChI is InChI=1S/C22H21N3O3/c1-25(15-16-8-4-3-5-9-16)20-13-12-17(14-23-20)21(26)24-19-11-7-6-10-18(19)22(27)28-2/h3-14H,15H2,1-2H3,(H,24,26). The SMILES string of the molecule is COC(=O)c1ccccc1NC(=O)c1ccc(N(C)Cc2ccccc2)nc1. The van der Waals surface area contributed by atoms with Crippen LogP contribution in [0.25, 0.3) is 0 Å². The lowest BCUT2D eigenvalue weighted by atomic mass is 10.1. The van der Waals surface area contributed by atoms with Gasteiger partial charge in [-0.2, -0.15) is 0 Å². The Balaban J connectivity index is 1.70. The number of anilines is 2. The second kappa shape index (κ2) is 8.81. The average Bonchev–Trinajstić information content (AvgIpc) is 2.74. The van der Waals surface area contributed by atoms with Crippen molar-refractivity contribution in [3.63, 3.8) is 0 Å². The maximum atomic E-state index is 12.5. The molecule has 142 valence electrons. The van der Waals surface area contributed by atoms with E-state index in [-0.39, 0.29) is 5.91 Å². The zero-order chi connectivity index (χ0) is 19.9. The van der Waals surface area contributed by atoms with Crippen LogP contribution in [0.4, 0.5) is 11.5 Å². The Morgan fingerprint density at radius 2 is 1.71 bits per heavy atom. The first-order valence-corrected chi connectivity index (χ1v) is 8.78. The summed E-state index contributed by atoms with van der Waals surface area (Å²) in [7, 11) is 3.25. The summed E-state index contributed by atoms with van der Waals surface area (Å²) >= 11 is 0. The highest BCUT2D eigenvalue weighted by molar-refractivity contribution is 6.07. The number of carbonyl (C=O) groups excluding carboxylic acids is 2. The number of hydrogen-bond donors (Lipinski definition) is 1. The second-order valence-electron chi connectivity index (χ2n) is 6.24. The van der Waals surface area contributed by atoms with E-state index < -0.39 is 5.97 Å². The van der Waals surface area contributed by atoms with E-state index in [9.17, 15) is 9.59 Å². The van der Waals surface area contributed by atoms with Gasteiger partial charge in [0.05, 0.1) is 23.9 Å². The summed E-state index contributed by atoms with van der Waals surface area (Å²) in [6, 6.07) is 20.3. The summed E-state index contributed by atoms with van der Waals surface area (Å²) in [5.41, 5.74) is 2.26. The highest BCUT2D eigenvalue weighted by Gasteiger charge is 2.15. The maximum Gasteiger partial charge on any atom is 0.339 e. The van der Waals surface area contributed by atoms with Crippen LogP contribution >= 0.6 is 0 Å². The third-order valence-electron chi connectivity index (χ3n) is 4.24. The smallest absolute Gasteiger partial charge is 0.339 e. The van der Waals surface area contributed by atoms with Crippen molar-refractivity contribution < 1.29 is 14.3 Å². The number of aromatic nitrogens is 1. The van der Waals surface area contributed by atoms with Crippen LogP contribution in [0, 0.1) is 0 Å². The average molecular weight is 375 g/mol. The highest BCUT2D eigenvalue weighted by atomic mass is 16.5. The number of pyridine rings is 1. The van der Waals surface area contributed by atoms with E-state index in [2.05, 4.69) is 22.4 Å². The summed E-state index contributed by atoms with van der Waals surface area (Å²) in [6.07, 6.45) is 1.52. The molecule has 0 aliphatic carbocycles. The Morgan fingerprint density at radius 3 is 2.39 bits per heavy atom. The second-order valence-corrected chi connectivity index (χ2v) is 6.24. The molecule has 2 aromatic carbocycles. The molecule has 3 rings (SSSR count). The van der Waals surface area contributed by atoms with E-state index in [0.29, 0.717) is 23.4 Å². The molecule has 0 aliphatic rings. The third kappa shape index (κ3) is 4.54. The molecule has 1 aromatic heterocycles. The van der Waals surface area contributed by atoms with Gasteiger partial charge in [0.25, 0.3) is 5.91 Å². The Kier molecular flexibility index (Phi) is 6.01. The van der Waals surface area contributed by atoms with Gasteiger partial charge in [-0.25, -0.2) is 9.78 Å². The summed E-state index contributed by atoms with van der Waals surface area (Å²) in [5, 5.41) is 2.74. The van der Waals surface area contributed by atoms with Gasteiger partial charge in [0.15, 0.2) is 0 Å². The number of methoxy groups -OCH3 is 1. The van der Waals surface area contributed by atoms with Gasteiger partial charge in [0, 0.05) is 19.8 Å². The molecule has 3 aromatic rings. The third-order valence-corrected chi connectivity index (χ3v) is 4.24. The Labute approximate surface area is 163 Å². The van der Waals surface area contributed by atoms with Crippen LogP contribution in [0.5, 0.6) is 0 Å². The van der Waals surface area contributed by atoms with Gasteiger partial charge in [-0.3, -0.25) is 4.79 Å². The number of nitrogens with one attached hydrogen (secondary N) is 1. The molecule has 0 radical (unpaired) electrons. The van der Waals surface area contributed by atoms with Crippen molar-refractivity contribution in [1.29, 1.82) is 0 Å². The van der Waals surface area contributed by atoms with Crippen molar-refractivity contribution >= 4 is 23.4 Å². The summed E-state index contributed by atoms with van der Waals surface area (Å²) in [4.78, 5) is 30.8. The highest BCUT2D eigenvalue weighted by Crippen LogP contribution is 2.18. The molecular formula is C22H21N3O3. The summed E-state index contributed by atoms with van der Waals surface area (Å²) in [5.74, 6) is -0.0941. The number of para-hydroxylation sites is 1. The molecule has 1 N–H and O–H groups in total. The molecule has 1 heterocycles. The van der Waals surface area contributed by atoms with E-state index in [0.717, 1.165) is 5.82 Å². The number of nitrogens with zero attached hydrogens (tertiary/aromatic N) is 2.